The Labute approximate surface area is 171 Å². The molecule has 0 fully saturated rings. The first kappa shape index (κ1) is 21.2. The van der Waals surface area contributed by atoms with E-state index in [4.69, 9.17) is 14.0 Å². The lowest BCUT2D eigenvalue weighted by molar-refractivity contribution is 0.199. The van der Waals surface area contributed by atoms with E-state index in [2.05, 4.69) is 26.0 Å². The predicted octanol–water partition coefficient (Wildman–Crippen LogP) is 7.29. The topological polar surface area (TPSA) is 48.4 Å². The quantitative estimate of drug-likeness (QED) is 0.243. The summed E-state index contributed by atoms with van der Waals surface area (Å²) >= 11 is 1.67. The minimum absolute atomic E-state index is 0.291. The molecule has 4 nitrogen and oxygen atoms in total. The van der Waals surface area contributed by atoms with Crippen molar-refractivity contribution in [2.45, 2.75) is 45.7 Å². The Morgan fingerprint density at radius 3 is 2.36 bits per heavy atom. The Bertz CT molecular complexity index is 893. The number of unbranched alkanes of at least 4 members (excludes halogenated alkanes) is 2. The molecule has 150 valence electrons. The molecule has 28 heavy (non-hydrogen) atoms. The predicted molar refractivity (Wildman–Crippen MR) is 118 cm³/mol. The molecule has 0 amide bonds. The van der Waals surface area contributed by atoms with Crippen molar-refractivity contribution in [2.24, 2.45) is 0 Å². The molecule has 0 spiro atoms. The molecule has 3 aromatic rings. The Balaban J connectivity index is 1.79. The maximum atomic E-state index is 13.3. The summed E-state index contributed by atoms with van der Waals surface area (Å²) in [6.45, 7) is 5.12. The largest absolute Gasteiger partial charge is 0.335 e. The second-order valence-corrected chi connectivity index (χ2v) is 9.91. The lowest BCUT2D eigenvalue weighted by atomic mass is 10.1. The average molecular weight is 418 g/mol. The van der Waals surface area contributed by atoms with Gasteiger partial charge in [-0.2, -0.15) is 0 Å². The van der Waals surface area contributed by atoms with E-state index in [1.165, 1.54) is 4.70 Å². The third kappa shape index (κ3) is 5.74. The molecule has 0 atom stereocenters. The number of rotatable bonds is 11. The van der Waals surface area contributed by atoms with Gasteiger partial charge in [-0.15, -0.1) is 11.3 Å². The zero-order chi connectivity index (χ0) is 19.8. The smallest absolute Gasteiger partial charge is 0.308 e. The van der Waals surface area contributed by atoms with Crippen molar-refractivity contribution < 1.29 is 13.6 Å². The van der Waals surface area contributed by atoms with Gasteiger partial charge in [0.2, 0.25) is 0 Å². The number of fused-ring (bicyclic) bond motifs is 1. The fraction of sp³-hybridized carbons (Fsp3) is 0.409. The molecule has 1 heterocycles. The van der Waals surface area contributed by atoms with Crippen molar-refractivity contribution in [3.05, 3.63) is 54.1 Å². The minimum Gasteiger partial charge on any atom is -0.308 e. The third-order valence-electron chi connectivity index (χ3n) is 4.42. The van der Waals surface area contributed by atoms with Gasteiger partial charge in [0.25, 0.3) is 0 Å². The van der Waals surface area contributed by atoms with E-state index in [0.717, 1.165) is 47.3 Å². The summed E-state index contributed by atoms with van der Waals surface area (Å²) in [5, 5.41) is 0.969. The van der Waals surface area contributed by atoms with Crippen molar-refractivity contribution >= 4 is 29.1 Å². The first-order valence-electron chi connectivity index (χ1n) is 9.96. The van der Waals surface area contributed by atoms with Gasteiger partial charge in [0.05, 0.1) is 29.6 Å². The van der Waals surface area contributed by atoms with E-state index >= 15 is 0 Å². The standard InChI is InChI=1S/C22H28NO3PS/c1-3-5-14-25-27(24,26-15-6-4-2)17-18-10-9-11-19(16-18)22-23-20-12-7-8-13-21(20)28-22/h7-13,16H,3-6,14-15,17H2,1-2H3. The molecule has 0 N–H and O–H groups in total. The normalized spacial score (nSPS) is 11.9. The number of benzene rings is 2. The second kappa shape index (κ2) is 10.3. The molecule has 0 saturated heterocycles. The summed E-state index contributed by atoms with van der Waals surface area (Å²) in [7, 11) is -3.16. The van der Waals surface area contributed by atoms with E-state index in [9.17, 15) is 4.57 Å². The molecule has 0 aliphatic carbocycles. The highest BCUT2D eigenvalue weighted by Gasteiger charge is 2.25. The van der Waals surface area contributed by atoms with E-state index in [1.54, 1.807) is 11.3 Å². The number of hydrogen-bond acceptors (Lipinski definition) is 5. The van der Waals surface area contributed by atoms with Gasteiger partial charge in [0, 0.05) is 5.56 Å². The van der Waals surface area contributed by atoms with Crippen molar-refractivity contribution in [3.8, 4) is 10.6 Å². The Hall–Kier alpha value is -1.52. The molecule has 0 radical (unpaired) electrons. The summed E-state index contributed by atoms with van der Waals surface area (Å²) in [6.07, 6.45) is 4.06. The van der Waals surface area contributed by atoms with Crippen LogP contribution in [0.25, 0.3) is 20.8 Å². The first-order chi connectivity index (χ1) is 13.6. The molecule has 6 heteroatoms. The molecule has 2 aromatic carbocycles. The van der Waals surface area contributed by atoms with Crippen LogP contribution in [0.5, 0.6) is 0 Å². The monoisotopic (exact) mass is 417 g/mol. The van der Waals surface area contributed by atoms with Crippen molar-refractivity contribution in [3.63, 3.8) is 0 Å². The lowest BCUT2D eigenvalue weighted by Gasteiger charge is -2.19. The lowest BCUT2D eigenvalue weighted by Crippen LogP contribution is -2.02. The minimum atomic E-state index is -3.16. The van der Waals surface area contributed by atoms with Crippen molar-refractivity contribution in [2.75, 3.05) is 13.2 Å². The van der Waals surface area contributed by atoms with Crippen LogP contribution in [0.1, 0.15) is 45.1 Å². The van der Waals surface area contributed by atoms with Crippen LogP contribution in [0.15, 0.2) is 48.5 Å². The molecule has 0 aliphatic rings. The Kier molecular flexibility index (Phi) is 7.81. The number of thiazole rings is 1. The zero-order valence-electron chi connectivity index (χ0n) is 16.6. The SMILES string of the molecule is CCCCOP(=O)(Cc1cccc(-c2nc3ccccc3s2)c1)OCCCC. The van der Waals surface area contributed by atoms with Crippen LogP contribution in [-0.2, 0) is 19.8 Å². The van der Waals surface area contributed by atoms with Crippen LogP contribution < -0.4 is 0 Å². The van der Waals surface area contributed by atoms with Crippen LogP contribution in [0.2, 0.25) is 0 Å². The molecular formula is C22H28NO3PS. The van der Waals surface area contributed by atoms with Crippen LogP contribution in [0.3, 0.4) is 0 Å². The van der Waals surface area contributed by atoms with Gasteiger partial charge in [-0.25, -0.2) is 4.98 Å². The highest BCUT2D eigenvalue weighted by Crippen LogP contribution is 2.52. The Morgan fingerprint density at radius 1 is 0.964 bits per heavy atom. The van der Waals surface area contributed by atoms with Gasteiger partial charge >= 0.3 is 7.60 Å². The number of aromatic nitrogens is 1. The fourth-order valence-corrected chi connectivity index (χ4v) is 5.52. The Morgan fingerprint density at radius 2 is 1.68 bits per heavy atom. The highest BCUT2D eigenvalue weighted by molar-refractivity contribution is 7.53. The molecule has 1 aromatic heterocycles. The fourth-order valence-electron chi connectivity index (χ4n) is 2.85. The van der Waals surface area contributed by atoms with E-state index < -0.39 is 7.60 Å². The molecule has 0 aliphatic heterocycles. The molecule has 0 unspecified atom stereocenters. The maximum Gasteiger partial charge on any atom is 0.335 e. The summed E-state index contributed by atoms with van der Waals surface area (Å²) in [6, 6.07) is 16.2. The molecule has 3 rings (SSSR count). The number of nitrogens with zero attached hydrogens (tertiary/aromatic N) is 1. The summed E-state index contributed by atoms with van der Waals surface area (Å²) < 4.78 is 25.9. The highest BCUT2D eigenvalue weighted by atomic mass is 32.1. The maximum absolute atomic E-state index is 13.3. The summed E-state index contributed by atoms with van der Waals surface area (Å²) in [5.74, 6) is 0. The zero-order valence-corrected chi connectivity index (χ0v) is 18.3. The van der Waals surface area contributed by atoms with Gasteiger partial charge < -0.3 is 9.05 Å². The third-order valence-corrected chi connectivity index (χ3v) is 7.41. The van der Waals surface area contributed by atoms with Gasteiger partial charge in [-0.1, -0.05) is 57.0 Å². The average Bonchev–Trinajstić information content (AvgIpc) is 3.13. The van der Waals surface area contributed by atoms with Gasteiger partial charge in [0.15, 0.2) is 0 Å². The van der Waals surface area contributed by atoms with Crippen LogP contribution in [0.4, 0.5) is 0 Å². The van der Waals surface area contributed by atoms with Crippen LogP contribution in [-0.4, -0.2) is 18.2 Å². The first-order valence-corrected chi connectivity index (χ1v) is 12.5. The van der Waals surface area contributed by atoms with Crippen molar-refractivity contribution in [1.29, 1.82) is 0 Å². The molecular weight excluding hydrogens is 389 g/mol. The summed E-state index contributed by atoms with van der Waals surface area (Å²) in [5.41, 5.74) is 2.99. The van der Waals surface area contributed by atoms with Crippen LogP contribution >= 0.6 is 18.9 Å². The van der Waals surface area contributed by atoms with Crippen LogP contribution in [0, 0.1) is 0 Å². The number of para-hydroxylation sites is 1. The summed E-state index contributed by atoms with van der Waals surface area (Å²) in [4.78, 5) is 4.73. The van der Waals surface area contributed by atoms with Gasteiger partial charge in [-0.05, 0) is 36.6 Å². The van der Waals surface area contributed by atoms with E-state index in [0.29, 0.717) is 19.4 Å². The van der Waals surface area contributed by atoms with Crippen molar-refractivity contribution in [1.82, 2.24) is 4.98 Å². The second-order valence-electron chi connectivity index (χ2n) is 6.83. The van der Waals surface area contributed by atoms with Gasteiger partial charge in [-0.3, -0.25) is 4.57 Å². The molecule has 0 saturated carbocycles. The van der Waals surface area contributed by atoms with E-state index in [-0.39, 0.29) is 0 Å². The number of hydrogen-bond donors (Lipinski definition) is 0. The molecule has 0 bridgehead atoms. The van der Waals surface area contributed by atoms with Gasteiger partial charge in [0.1, 0.15) is 5.01 Å². The van der Waals surface area contributed by atoms with E-state index in [1.807, 2.05) is 36.4 Å².